The van der Waals surface area contributed by atoms with E-state index in [-0.39, 0.29) is 11.6 Å². The Labute approximate surface area is 158 Å². The van der Waals surface area contributed by atoms with Gasteiger partial charge in [-0.05, 0) is 30.2 Å². The lowest BCUT2D eigenvalue weighted by atomic mass is 10.1. The molecule has 0 spiro atoms. The number of carbonyl (C=O) groups excluding carboxylic acids is 1. The van der Waals surface area contributed by atoms with E-state index in [1.807, 2.05) is 30.3 Å². The highest BCUT2D eigenvalue weighted by atomic mass is 35.5. The number of amides is 1. The molecule has 0 aliphatic heterocycles. The number of hydrogen-bond donors (Lipinski definition) is 1. The van der Waals surface area contributed by atoms with Crippen LogP contribution in [0, 0.1) is 0 Å². The van der Waals surface area contributed by atoms with Crippen LogP contribution in [0.25, 0.3) is 0 Å². The molecule has 2 aromatic carbocycles. The molecule has 0 heterocycles. The van der Waals surface area contributed by atoms with Gasteiger partial charge in [0.1, 0.15) is 12.3 Å². The Morgan fingerprint density at radius 1 is 1.19 bits per heavy atom. The van der Waals surface area contributed by atoms with Crippen molar-refractivity contribution in [3.05, 3.63) is 59.1 Å². The summed E-state index contributed by atoms with van der Waals surface area (Å²) < 4.78 is 30.3. The third kappa shape index (κ3) is 5.64. The molecular weight excluding hydrogens is 376 g/mol. The highest BCUT2D eigenvalue weighted by Gasteiger charge is 2.21. The van der Waals surface area contributed by atoms with Gasteiger partial charge in [-0.3, -0.25) is 9.10 Å². The van der Waals surface area contributed by atoms with Crippen LogP contribution in [0.3, 0.4) is 0 Å². The lowest BCUT2D eigenvalue weighted by Gasteiger charge is -2.22. The maximum absolute atomic E-state index is 12.2. The minimum atomic E-state index is -3.65. The molecule has 0 aliphatic carbocycles. The van der Waals surface area contributed by atoms with Gasteiger partial charge in [-0.1, -0.05) is 41.9 Å². The maximum Gasteiger partial charge on any atom is 0.240 e. The van der Waals surface area contributed by atoms with Gasteiger partial charge in [-0.2, -0.15) is 0 Å². The molecule has 0 unspecified atom stereocenters. The molecule has 2 rings (SSSR count). The van der Waals surface area contributed by atoms with Gasteiger partial charge in [0.05, 0.1) is 24.1 Å². The van der Waals surface area contributed by atoms with Gasteiger partial charge in [-0.15, -0.1) is 0 Å². The third-order valence-electron chi connectivity index (χ3n) is 3.69. The van der Waals surface area contributed by atoms with Crippen LogP contribution in [-0.4, -0.2) is 40.8 Å². The Morgan fingerprint density at radius 2 is 1.88 bits per heavy atom. The van der Waals surface area contributed by atoms with Crippen LogP contribution >= 0.6 is 11.6 Å². The zero-order valence-corrected chi connectivity index (χ0v) is 16.2. The van der Waals surface area contributed by atoms with E-state index < -0.39 is 15.9 Å². The SMILES string of the molecule is COc1ccc(N(CC(=O)NCCc2ccccc2)S(C)(=O)=O)cc1Cl. The van der Waals surface area contributed by atoms with Crippen molar-refractivity contribution in [2.24, 2.45) is 0 Å². The number of benzene rings is 2. The number of ether oxygens (including phenoxy) is 1. The third-order valence-corrected chi connectivity index (χ3v) is 5.13. The van der Waals surface area contributed by atoms with Crippen LogP contribution in [0.2, 0.25) is 5.02 Å². The molecule has 0 fully saturated rings. The summed E-state index contributed by atoms with van der Waals surface area (Å²) in [6, 6.07) is 14.3. The second-order valence-electron chi connectivity index (χ2n) is 5.67. The van der Waals surface area contributed by atoms with Gasteiger partial charge in [0.2, 0.25) is 15.9 Å². The van der Waals surface area contributed by atoms with Crippen molar-refractivity contribution in [1.29, 1.82) is 0 Å². The number of anilines is 1. The number of hydrogen-bond acceptors (Lipinski definition) is 4. The summed E-state index contributed by atoms with van der Waals surface area (Å²) in [5.74, 6) is 0.0366. The van der Waals surface area contributed by atoms with Gasteiger partial charge in [0.15, 0.2) is 0 Å². The van der Waals surface area contributed by atoms with E-state index in [0.717, 1.165) is 16.1 Å². The first kappa shape index (κ1) is 20.1. The summed E-state index contributed by atoms with van der Waals surface area (Å²) in [5.41, 5.74) is 1.39. The lowest BCUT2D eigenvalue weighted by Crippen LogP contribution is -2.40. The van der Waals surface area contributed by atoms with Crippen LogP contribution in [0.15, 0.2) is 48.5 Å². The van der Waals surface area contributed by atoms with E-state index in [9.17, 15) is 13.2 Å². The van der Waals surface area contributed by atoms with Crippen LogP contribution < -0.4 is 14.4 Å². The second kappa shape index (κ2) is 8.91. The molecule has 8 heteroatoms. The Morgan fingerprint density at radius 3 is 2.46 bits per heavy atom. The summed E-state index contributed by atoms with van der Waals surface area (Å²) in [6.45, 7) is 0.0973. The zero-order valence-electron chi connectivity index (χ0n) is 14.6. The molecule has 0 aromatic heterocycles. The number of halogens is 1. The highest BCUT2D eigenvalue weighted by Crippen LogP contribution is 2.30. The summed E-state index contributed by atoms with van der Waals surface area (Å²) in [4.78, 5) is 12.2. The van der Waals surface area contributed by atoms with E-state index in [4.69, 9.17) is 16.3 Å². The number of nitrogens with zero attached hydrogens (tertiary/aromatic N) is 1. The fraction of sp³-hybridized carbons (Fsp3) is 0.278. The van der Waals surface area contributed by atoms with E-state index in [0.29, 0.717) is 24.4 Å². The number of rotatable bonds is 8. The minimum absolute atomic E-state index is 0.267. The zero-order chi connectivity index (χ0) is 19.2. The van der Waals surface area contributed by atoms with Gasteiger partial charge in [0.25, 0.3) is 0 Å². The molecule has 1 N–H and O–H groups in total. The van der Waals surface area contributed by atoms with Crippen molar-refractivity contribution in [3.8, 4) is 5.75 Å². The first-order valence-electron chi connectivity index (χ1n) is 7.93. The topological polar surface area (TPSA) is 75.7 Å². The van der Waals surface area contributed by atoms with Gasteiger partial charge in [-0.25, -0.2) is 8.42 Å². The summed E-state index contributed by atoms with van der Waals surface area (Å²) in [7, 11) is -2.19. The molecule has 0 aliphatic rings. The van der Waals surface area contributed by atoms with Crippen molar-refractivity contribution in [2.45, 2.75) is 6.42 Å². The van der Waals surface area contributed by atoms with Crippen molar-refractivity contribution in [1.82, 2.24) is 5.32 Å². The van der Waals surface area contributed by atoms with Crippen LogP contribution in [0.1, 0.15) is 5.56 Å². The maximum atomic E-state index is 12.2. The molecule has 140 valence electrons. The van der Waals surface area contributed by atoms with Crippen molar-refractivity contribution >= 4 is 33.2 Å². The molecule has 2 aromatic rings. The second-order valence-corrected chi connectivity index (χ2v) is 7.99. The number of methoxy groups -OCH3 is 1. The molecule has 0 saturated carbocycles. The minimum Gasteiger partial charge on any atom is -0.495 e. The van der Waals surface area contributed by atoms with Crippen LogP contribution in [-0.2, 0) is 21.2 Å². The average Bonchev–Trinajstić information content (AvgIpc) is 2.59. The van der Waals surface area contributed by atoms with Crippen molar-refractivity contribution < 1.29 is 17.9 Å². The average molecular weight is 397 g/mol. The molecule has 0 saturated heterocycles. The Kier molecular flexibility index (Phi) is 6.88. The molecule has 6 nitrogen and oxygen atoms in total. The van der Waals surface area contributed by atoms with Crippen LogP contribution in [0.5, 0.6) is 5.75 Å². The molecule has 1 amide bonds. The lowest BCUT2D eigenvalue weighted by molar-refractivity contribution is -0.119. The predicted octanol–water partition coefficient (Wildman–Crippen LogP) is 2.47. The van der Waals surface area contributed by atoms with Gasteiger partial charge >= 0.3 is 0 Å². The fourth-order valence-corrected chi connectivity index (χ4v) is 3.49. The molecular formula is C18H21ClN2O4S. The Bertz CT molecular complexity index is 857. The number of nitrogens with one attached hydrogen (secondary N) is 1. The molecule has 0 radical (unpaired) electrons. The smallest absolute Gasteiger partial charge is 0.240 e. The number of carbonyl (C=O) groups is 1. The van der Waals surface area contributed by atoms with Crippen molar-refractivity contribution in [3.63, 3.8) is 0 Å². The first-order valence-corrected chi connectivity index (χ1v) is 10.2. The quantitative estimate of drug-likeness (QED) is 0.743. The van der Waals surface area contributed by atoms with E-state index in [2.05, 4.69) is 5.32 Å². The molecule has 0 bridgehead atoms. The van der Waals surface area contributed by atoms with E-state index >= 15 is 0 Å². The van der Waals surface area contributed by atoms with Crippen molar-refractivity contribution in [2.75, 3.05) is 30.8 Å². The summed E-state index contributed by atoms with van der Waals surface area (Å²) in [6.07, 6.45) is 1.71. The largest absolute Gasteiger partial charge is 0.495 e. The monoisotopic (exact) mass is 396 g/mol. The molecule has 26 heavy (non-hydrogen) atoms. The van der Waals surface area contributed by atoms with Gasteiger partial charge < -0.3 is 10.1 Å². The normalized spacial score (nSPS) is 11.0. The standard InChI is InChI=1S/C18H21ClN2O4S/c1-25-17-9-8-15(12-16(17)19)21(26(2,23)24)13-18(22)20-11-10-14-6-4-3-5-7-14/h3-9,12H,10-11,13H2,1-2H3,(H,20,22). The van der Waals surface area contributed by atoms with E-state index in [1.54, 1.807) is 12.1 Å². The Hall–Kier alpha value is -2.25. The summed E-state index contributed by atoms with van der Waals surface area (Å²) in [5, 5.41) is 3.00. The van der Waals surface area contributed by atoms with Gasteiger partial charge in [0, 0.05) is 6.54 Å². The fourth-order valence-electron chi connectivity index (χ4n) is 2.39. The highest BCUT2D eigenvalue weighted by molar-refractivity contribution is 7.92. The van der Waals surface area contributed by atoms with Crippen LogP contribution in [0.4, 0.5) is 5.69 Å². The summed E-state index contributed by atoms with van der Waals surface area (Å²) >= 11 is 6.06. The molecule has 0 atom stereocenters. The van der Waals surface area contributed by atoms with E-state index in [1.165, 1.54) is 13.2 Å². The predicted molar refractivity (Wildman–Crippen MR) is 103 cm³/mol. The first-order chi connectivity index (χ1) is 12.3. The number of sulfonamides is 1. The Balaban J connectivity index is 2.04.